The van der Waals surface area contributed by atoms with Crippen LogP contribution in [-0.4, -0.2) is 26.6 Å². The van der Waals surface area contributed by atoms with Crippen LogP contribution in [0.3, 0.4) is 0 Å². The van der Waals surface area contributed by atoms with E-state index in [0.717, 1.165) is 24.1 Å². The first-order chi connectivity index (χ1) is 8.54. The van der Waals surface area contributed by atoms with Crippen molar-refractivity contribution in [2.45, 2.75) is 19.8 Å². The molecule has 1 fully saturated rings. The maximum atomic E-state index is 12.4. The zero-order chi connectivity index (χ0) is 13.3. The van der Waals surface area contributed by atoms with E-state index in [9.17, 15) is 4.79 Å². The van der Waals surface area contributed by atoms with Gasteiger partial charge in [-0.2, -0.15) is 0 Å². The standard InChI is InChI=1S/C14H20N2O2/c1-10-4-5-12(18-3)11(8-10)16(2)13(17)14(9-15)6-7-14/h4-5,8H,6-7,9,15H2,1-3H3. The summed E-state index contributed by atoms with van der Waals surface area (Å²) in [7, 11) is 3.40. The lowest BCUT2D eigenvalue weighted by atomic mass is 10.1. The van der Waals surface area contributed by atoms with Crippen LogP contribution < -0.4 is 15.4 Å². The fraction of sp³-hybridized carbons (Fsp3) is 0.500. The molecule has 0 bridgehead atoms. The second-order valence-corrected chi connectivity index (χ2v) is 5.02. The highest BCUT2D eigenvalue weighted by molar-refractivity contribution is 6.00. The van der Waals surface area contributed by atoms with Gasteiger partial charge < -0.3 is 15.4 Å². The van der Waals surface area contributed by atoms with Gasteiger partial charge in [-0.15, -0.1) is 0 Å². The van der Waals surface area contributed by atoms with Crippen molar-refractivity contribution in [1.29, 1.82) is 0 Å². The van der Waals surface area contributed by atoms with Crippen molar-refractivity contribution >= 4 is 11.6 Å². The Kier molecular flexibility index (Phi) is 3.30. The van der Waals surface area contributed by atoms with Crippen molar-refractivity contribution in [3.8, 4) is 5.75 Å². The van der Waals surface area contributed by atoms with Crippen LogP contribution in [0.1, 0.15) is 18.4 Å². The molecular weight excluding hydrogens is 228 g/mol. The first kappa shape index (κ1) is 12.9. The highest BCUT2D eigenvalue weighted by atomic mass is 16.5. The van der Waals surface area contributed by atoms with Crippen molar-refractivity contribution in [2.75, 3.05) is 25.6 Å². The van der Waals surface area contributed by atoms with Gasteiger partial charge in [0.1, 0.15) is 5.75 Å². The van der Waals surface area contributed by atoms with E-state index in [1.54, 1.807) is 19.1 Å². The third kappa shape index (κ3) is 2.08. The third-order valence-corrected chi connectivity index (χ3v) is 3.70. The number of carbonyl (C=O) groups is 1. The van der Waals surface area contributed by atoms with Gasteiger partial charge in [0.2, 0.25) is 5.91 Å². The van der Waals surface area contributed by atoms with E-state index in [2.05, 4.69) is 0 Å². The molecule has 1 aromatic carbocycles. The predicted octanol–water partition coefficient (Wildman–Crippen LogP) is 1.71. The monoisotopic (exact) mass is 248 g/mol. The lowest BCUT2D eigenvalue weighted by Gasteiger charge is -2.24. The molecule has 1 amide bonds. The number of hydrogen-bond acceptors (Lipinski definition) is 3. The highest BCUT2D eigenvalue weighted by Gasteiger charge is 2.50. The van der Waals surface area contributed by atoms with Crippen molar-refractivity contribution in [2.24, 2.45) is 11.1 Å². The second kappa shape index (κ2) is 4.61. The van der Waals surface area contributed by atoms with Crippen LogP contribution in [-0.2, 0) is 4.79 Å². The molecule has 1 aliphatic rings. The van der Waals surface area contributed by atoms with Gasteiger partial charge in [-0.3, -0.25) is 4.79 Å². The molecular formula is C14H20N2O2. The van der Waals surface area contributed by atoms with Gasteiger partial charge in [0.15, 0.2) is 0 Å². The molecule has 2 N–H and O–H groups in total. The number of amides is 1. The molecule has 0 atom stereocenters. The molecule has 0 unspecified atom stereocenters. The van der Waals surface area contributed by atoms with Gasteiger partial charge in [-0.1, -0.05) is 6.07 Å². The summed E-state index contributed by atoms with van der Waals surface area (Å²) in [6.07, 6.45) is 1.78. The smallest absolute Gasteiger partial charge is 0.234 e. The van der Waals surface area contributed by atoms with Gasteiger partial charge in [0, 0.05) is 13.6 Å². The lowest BCUT2D eigenvalue weighted by molar-refractivity contribution is -0.123. The van der Waals surface area contributed by atoms with Gasteiger partial charge in [0.05, 0.1) is 18.2 Å². The molecule has 18 heavy (non-hydrogen) atoms. The number of rotatable bonds is 4. The zero-order valence-electron chi connectivity index (χ0n) is 11.2. The number of hydrogen-bond donors (Lipinski definition) is 1. The molecule has 0 spiro atoms. The number of ether oxygens (including phenoxy) is 1. The summed E-state index contributed by atoms with van der Waals surface area (Å²) in [5.74, 6) is 0.804. The number of nitrogens with two attached hydrogens (primary N) is 1. The summed E-state index contributed by atoms with van der Waals surface area (Å²) in [6, 6.07) is 5.82. The van der Waals surface area contributed by atoms with Crippen LogP contribution >= 0.6 is 0 Å². The van der Waals surface area contributed by atoms with E-state index < -0.39 is 0 Å². The van der Waals surface area contributed by atoms with E-state index >= 15 is 0 Å². The normalized spacial score (nSPS) is 16.2. The van der Waals surface area contributed by atoms with Crippen LogP contribution in [0.25, 0.3) is 0 Å². The Balaban J connectivity index is 2.31. The van der Waals surface area contributed by atoms with Gasteiger partial charge in [-0.05, 0) is 37.5 Å². The van der Waals surface area contributed by atoms with Crippen LogP contribution in [0.5, 0.6) is 5.75 Å². The molecule has 0 radical (unpaired) electrons. The minimum Gasteiger partial charge on any atom is -0.495 e. The maximum Gasteiger partial charge on any atom is 0.234 e. The molecule has 1 aliphatic carbocycles. The van der Waals surface area contributed by atoms with Crippen LogP contribution in [0.2, 0.25) is 0 Å². The Morgan fingerprint density at radius 3 is 2.67 bits per heavy atom. The predicted molar refractivity (Wildman–Crippen MR) is 71.9 cm³/mol. The average molecular weight is 248 g/mol. The zero-order valence-corrected chi connectivity index (χ0v) is 11.2. The molecule has 2 rings (SSSR count). The first-order valence-corrected chi connectivity index (χ1v) is 6.17. The SMILES string of the molecule is COc1ccc(C)cc1N(C)C(=O)C1(CN)CC1. The highest BCUT2D eigenvalue weighted by Crippen LogP contribution is 2.47. The van der Waals surface area contributed by atoms with E-state index in [1.807, 2.05) is 25.1 Å². The maximum absolute atomic E-state index is 12.4. The summed E-state index contributed by atoms with van der Waals surface area (Å²) < 4.78 is 5.31. The first-order valence-electron chi connectivity index (χ1n) is 6.17. The quantitative estimate of drug-likeness (QED) is 0.882. The molecule has 1 aromatic rings. The van der Waals surface area contributed by atoms with Gasteiger partial charge in [-0.25, -0.2) is 0 Å². The summed E-state index contributed by atoms with van der Waals surface area (Å²) in [5, 5.41) is 0. The average Bonchev–Trinajstić information content (AvgIpc) is 3.18. The molecule has 4 nitrogen and oxygen atoms in total. The number of aryl methyl sites for hydroxylation is 1. The molecule has 0 saturated heterocycles. The van der Waals surface area contributed by atoms with Gasteiger partial charge in [0.25, 0.3) is 0 Å². The molecule has 0 heterocycles. The number of anilines is 1. The van der Waals surface area contributed by atoms with E-state index in [-0.39, 0.29) is 11.3 Å². The summed E-state index contributed by atoms with van der Waals surface area (Å²) in [6.45, 7) is 2.42. The van der Waals surface area contributed by atoms with Crippen molar-refractivity contribution < 1.29 is 9.53 Å². The molecule has 1 saturated carbocycles. The molecule has 0 aromatic heterocycles. The Morgan fingerprint density at radius 1 is 1.50 bits per heavy atom. The summed E-state index contributed by atoms with van der Waals surface area (Å²) in [5.41, 5.74) is 7.29. The molecule has 4 heteroatoms. The number of methoxy groups -OCH3 is 1. The van der Waals surface area contributed by atoms with Crippen LogP contribution in [0.15, 0.2) is 18.2 Å². The largest absolute Gasteiger partial charge is 0.495 e. The second-order valence-electron chi connectivity index (χ2n) is 5.02. The number of carbonyl (C=O) groups excluding carboxylic acids is 1. The van der Waals surface area contributed by atoms with E-state index in [0.29, 0.717) is 12.3 Å². The Bertz CT molecular complexity index is 467. The van der Waals surface area contributed by atoms with Crippen molar-refractivity contribution in [1.82, 2.24) is 0 Å². The fourth-order valence-electron chi connectivity index (χ4n) is 2.18. The topological polar surface area (TPSA) is 55.6 Å². The van der Waals surface area contributed by atoms with Crippen LogP contribution in [0.4, 0.5) is 5.69 Å². The summed E-state index contributed by atoms with van der Waals surface area (Å²) >= 11 is 0. The summed E-state index contributed by atoms with van der Waals surface area (Å²) in [4.78, 5) is 14.1. The third-order valence-electron chi connectivity index (χ3n) is 3.70. The van der Waals surface area contributed by atoms with Crippen LogP contribution in [0, 0.1) is 12.3 Å². The number of nitrogens with zero attached hydrogens (tertiary/aromatic N) is 1. The fourth-order valence-corrected chi connectivity index (χ4v) is 2.18. The Morgan fingerprint density at radius 2 is 2.17 bits per heavy atom. The van der Waals surface area contributed by atoms with Crippen molar-refractivity contribution in [3.05, 3.63) is 23.8 Å². The number of benzene rings is 1. The molecule has 0 aliphatic heterocycles. The van der Waals surface area contributed by atoms with Gasteiger partial charge >= 0.3 is 0 Å². The minimum absolute atomic E-state index is 0.0916. The Hall–Kier alpha value is -1.55. The Labute approximate surface area is 108 Å². The minimum atomic E-state index is -0.330. The van der Waals surface area contributed by atoms with Crippen molar-refractivity contribution in [3.63, 3.8) is 0 Å². The lowest BCUT2D eigenvalue weighted by Crippen LogP contribution is -2.38. The van der Waals surface area contributed by atoms with E-state index in [1.165, 1.54) is 0 Å². The molecule has 98 valence electrons. The van der Waals surface area contributed by atoms with E-state index in [4.69, 9.17) is 10.5 Å².